The second kappa shape index (κ2) is 7.52. The average Bonchev–Trinajstić information content (AvgIpc) is 3.16. The summed E-state index contributed by atoms with van der Waals surface area (Å²) in [5.41, 5.74) is 3.26. The molecule has 1 aliphatic carbocycles. The molecule has 4 heteroatoms. The molecule has 0 bridgehead atoms. The van der Waals surface area contributed by atoms with Crippen LogP contribution in [0.2, 0.25) is 0 Å². The highest BCUT2D eigenvalue weighted by molar-refractivity contribution is 5.95. The van der Waals surface area contributed by atoms with E-state index in [1.807, 2.05) is 0 Å². The highest BCUT2D eigenvalue weighted by atomic mass is 16.1. The van der Waals surface area contributed by atoms with E-state index >= 15 is 0 Å². The van der Waals surface area contributed by atoms with Crippen molar-refractivity contribution in [2.45, 2.75) is 64.8 Å². The van der Waals surface area contributed by atoms with Crippen molar-refractivity contribution in [1.82, 2.24) is 15.2 Å². The van der Waals surface area contributed by atoms with Gasteiger partial charge in [-0.25, -0.2) is 0 Å². The van der Waals surface area contributed by atoms with E-state index < -0.39 is 0 Å². The second-order valence-electron chi connectivity index (χ2n) is 7.35. The Bertz CT molecular complexity index is 537. The number of amides is 1. The van der Waals surface area contributed by atoms with E-state index in [0.29, 0.717) is 6.04 Å². The molecule has 2 heterocycles. The molecule has 0 radical (unpaired) electrons. The molecule has 2 fully saturated rings. The fraction of sp³-hybridized carbons (Fsp3) is 0.737. The molecule has 128 valence electrons. The zero-order chi connectivity index (χ0) is 16.2. The van der Waals surface area contributed by atoms with Crippen LogP contribution in [0.25, 0.3) is 0 Å². The van der Waals surface area contributed by atoms with Crippen LogP contribution in [0.1, 0.15) is 72.7 Å². The van der Waals surface area contributed by atoms with Gasteiger partial charge in [-0.3, -0.25) is 4.79 Å². The summed E-state index contributed by atoms with van der Waals surface area (Å²) in [6.07, 6.45) is 8.83. The Morgan fingerprint density at radius 3 is 2.74 bits per heavy atom. The van der Waals surface area contributed by atoms with E-state index in [1.165, 1.54) is 44.2 Å². The predicted molar refractivity (Wildman–Crippen MR) is 94.0 cm³/mol. The fourth-order valence-corrected chi connectivity index (χ4v) is 4.35. The van der Waals surface area contributed by atoms with Crippen LogP contribution in [0.15, 0.2) is 6.07 Å². The van der Waals surface area contributed by atoms with E-state index in [0.717, 1.165) is 43.2 Å². The number of aryl methyl sites for hydroxylation is 1. The summed E-state index contributed by atoms with van der Waals surface area (Å²) in [5, 5.41) is 6.51. The SMILES string of the molecule is Cc1cc(C(=O)NCCC2CCNC2)c(C)n1C1CCCCC1. The third kappa shape index (κ3) is 3.79. The van der Waals surface area contributed by atoms with Crippen molar-refractivity contribution in [3.05, 3.63) is 23.0 Å². The Kier molecular flexibility index (Phi) is 5.42. The first-order valence-corrected chi connectivity index (χ1v) is 9.34. The van der Waals surface area contributed by atoms with E-state index in [9.17, 15) is 4.79 Å². The molecule has 1 unspecified atom stereocenters. The standard InChI is InChI=1S/C19H31N3O/c1-14-12-18(15(2)22(14)17-6-4-3-5-7-17)19(23)21-11-9-16-8-10-20-13-16/h12,16-17,20H,3-11,13H2,1-2H3,(H,21,23). The summed E-state index contributed by atoms with van der Waals surface area (Å²) in [6.45, 7) is 7.27. The molecule has 1 aromatic rings. The fourth-order valence-electron chi connectivity index (χ4n) is 4.35. The highest BCUT2D eigenvalue weighted by Gasteiger charge is 2.22. The molecule has 1 saturated carbocycles. The monoisotopic (exact) mass is 317 g/mol. The Morgan fingerprint density at radius 1 is 1.26 bits per heavy atom. The third-order valence-corrected chi connectivity index (χ3v) is 5.67. The Morgan fingerprint density at radius 2 is 2.04 bits per heavy atom. The van der Waals surface area contributed by atoms with Crippen molar-refractivity contribution in [1.29, 1.82) is 0 Å². The largest absolute Gasteiger partial charge is 0.352 e. The van der Waals surface area contributed by atoms with Gasteiger partial charge in [-0.1, -0.05) is 19.3 Å². The topological polar surface area (TPSA) is 46.1 Å². The van der Waals surface area contributed by atoms with Crippen molar-refractivity contribution in [3.8, 4) is 0 Å². The number of hydrogen-bond acceptors (Lipinski definition) is 2. The number of aromatic nitrogens is 1. The van der Waals surface area contributed by atoms with E-state index in [4.69, 9.17) is 0 Å². The van der Waals surface area contributed by atoms with Gasteiger partial charge < -0.3 is 15.2 Å². The van der Waals surface area contributed by atoms with Crippen LogP contribution in [-0.4, -0.2) is 30.1 Å². The molecule has 2 N–H and O–H groups in total. The Hall–Kier alpha value is -1.29. The second-order valence-corrected chi connectivity index (χ2v) is 7.35. The number of carbonyl (C=O) groups excluding carboxylic acids is 1. The summed E-state index contributed by atoms with van der Waals surface area (Å²) in [6, 6.07) is 2.67. The van der Waals surface area contributed by atoms with Gasteiger partial charge in [0.15, 0.2) is 0 Å². The summed E-state index contributed by atoms with van der Waals surface area (Å²) < 4.78 is 2.41. The minimum absolute atomic E-state index is 0.103. The van der Waals surface area contributed by atoms with Gasteiger partial charge in [0, 0.05) is 24.0 Å². The molecule has 1 saturated heterocycles. The van der Waals surface area contributed by atoms with Gasteiger partial charge in [-0.05, 0) is 64.6 Å². The van der Waals surface area contributed by atoms with Crippen LogP contribution in [0, 0.1) is 19.8 Å². The van der Waals surface area contributed by atoms with Crippen molar-refractivity contribution >= 4 is 5.91 Å². The molecule has 0 spiro atoms. The molecule has 1 aliphatic heterocycles. The normalized spacial score (nSPS) is 22.4. The zero-order valence-electron chi connectivity index (χ0n) is 14.7. The Balaban J connectivity index is 1.61. The van der Waals surface area contributed by atoms with Gasteiger partial charge in [0.05, 0.1) is 5.56 Å². The molecule has 1 aromatic heterocycles. The number of nitrogens with zero attached hydrogens (tertiary/aromatic N) is 1. The number of nitrogens with one attached hydrogen (secondary N) is 2. The minimum Gasteiger partial charge on any atom is -0.352 e. The van der Waals surface area contributed by atoms with Gasteiger partial charge in [0.2, 0.25) is 0 Å². The third-order valence-electron chi connectivity index (χ3n) is 5.67. The maximum Gasteiger partial charge on any atom is 0.253 e. The lowest BCUT2D eigenvalue weighted by atomic mass is 9.95. The molecular formula is C19H31N3O. The van der Waals surface area contributed by atoms with Crippen molar-refractivity contribution < 1.29 is 4.79 Å². The lowest BCUT2D eigenvalue weighted by Crippen LogP contribution is -2.27. The predicted octanol–water partition coefficient (Wildman–Crippen LogP) is 3.34. The van der Waals surface area contributed by atoms with Gasteiger partial charge >= 0.3 is 0 Å². The van der Waals surface area contributed by atoms with E-state index in [2.05, 4.69) is 35.1 Å². The van der Waals surface area contributed by atoms with Gasteiger partial charge in [-0.2, -0.15) is 0 Å². The van der Waals surface area contributed by atoms with Crippen LogP contribution < -0.4 is 10.6 Å². The van der Waals surface area contributed by atoms with Crippen molar-refractivity contribution in [3.63, 3.8) is 0 Å². The van der Waals surface area contributed by atoms with E-state index in [1.54, 1.807) is 0 Å². The average molecular weight is 317 g/mol. The first-order valence-electron chi connectivity index (χ1n) is 9.34. The summed E-state index contributed by atoms with van der Waals surface area (Å²) in [5.74, 6) is 0.830. The zero-order valence-corrected chi connectivity index (χ0v) is 14.7. The molecule has 23 heavy (non-hydrogen) atoms. The number of hydrogen-bond donors (Lipinski definition) is 2. The van der Waals surface area contributed by atoms with Crippen LogP contribution in [0.5, 0.6) is 0 Å². The summed E-state index contributed by atoms with van der Waals surface area (Å²) in [4.78, 5) is 12.5. The van der Waals surface area contributed by atoms with E-state index in [-0.39, 0.29) is 5.91 Å². The van der Waals surface area contributed by atoms with Crippen molar-refractivity contribution in [2.75, 3.05) is 19.6 Å². The van der Waals surface area contributed by atoms with Gasteiger partial charge in [0.1, 0.15) is 0 Å². The molecule has 0 aromatic carbocycles. The van der Waals surface area contributed by atoms with Crippen molar-refractivity contribution in [2.24, 2.45) is 5.92 Å². The molecule has 2 aliphatic rings. The first-order chi connectivity index (χ1) is 11.2. The lowest BCUT2D eigenvalue weighted by molar-refractivity contribution is 0.0951. The quantitative estimate of drug-likeness (QED) is 0.875. The summed E-state index contributed by atoms with van der Waals surface area (Å²) in [7, 11) is 0. The maximum absolute atomic E-state index is 12.5. The Labute approximate surface area is 140 Å². The van der Waals surface area contributed by atoms with Crippen LogP contribution in [0.3, 0.4) is 0 Å². The molecule has 4 nitrogen and oxygen atoms in total. The van der Waals surface area contributed by atoms with Crippen LogP contribution >= 0.6 is 0 Å². The summed E-state index contributed by atoms with van der Waals surface area (Å²) >= 11 is 0. The van der Waals surface area contributed by atoms with Crippen LogP contribution in [-0.2, 0) is 0 Å². The number of rotatable bonds is 5. The molecular weight excluding hydrogens is 286 g/mol. The molecule has 3 rings (SSSR count). The minimum atomic E-state index is 0.103. The molecule has 1 amide bonds. The van der Waals surface area contributed by atoms with Gasteiger partial charge in [-0.15, -0.1) is 0 Å². The maximum atomic E-state index is 12.5. The number of carbonyl (C=O) groups is 1. The van der Waals surface area contributed by atoms with Gasteiger partial charge in [0.25, 0.3) is 5.91 Å². The smallest absolute Gasteiger partial charge is 0.253 e. The highest BCUT2D eigenvalue weighted by Crippen LogP contribution is 2.32. The first kappa shape index (κ1) is 16.6. The lowest BCUT2D eigenvalue weighted by Gasteiger charge is -2.26. The van der Waals surface area contributed by atoms with Crippen LogP contribution in [0.4, 0.5) is 0 Å². The molecule has 1 atom stereocenters.